The molecule has 2 rings (SSSR count). The molecule has 1 aromatic carbocycles. The fourth-order valence-electron chi connectivity index (χ4n) is 3.01. The molecule has 0 saturated heterocycles. The predicted octanol–water partition coefficient (Wildman–Crippen LogP) is 3.16. The molecule has 1 aliphatic carbocycles. The van der Waals surface area contributed by atoms with Crippen LogP contribution in [-0.2, 0) is 22.3 Å². The Morgan fingerprint density at radius 1 is 1.22 bits per heavy atom. The van der Waals surface area contributed by atoms with E-state index < -0.39 is 29.5 Å². The second-order valence-electron chi connectivity index (χ2n) is 5.89. The fraction of sp³-hybridized carbons (Fsp3) is 0.500. The summed E-state index contributed by atoms with van der Waals surface area (Å²) in [4.78, 5) is 24.5. The van der Waals surface area contributed by atoms with Crippen LogP contribution in [0.15, 0.2) is 24.3 Å². The number of carboxylic acids is 1. The number of nitrogens with zero attached hydrogens (tertiary/aromatic N) is 1. The molecule has 0 unspecified atom stereocenters. The molecule has 7 heteroatoms. The topological polar surface area (TPSA) is 57.6 Å². The van der Waals surface area contributed by atoms with Crippen molar-refractivity contribution in [3.05, 3.63) is 35.4 Å². The minimum absolute atomic E-state index is 0.0311. The average molecular weight is 329 g/mol. The second kappa shape index (κ2) is 6.60. The maximum Gasteiger partial charge on any atom is 0.416 e. The monoisotopic (exact) mass is 329 g/mol. The number of carbonyl (C=O) groups is 2. The van der Waals surface area contributed by atoms with E-state index in [1.165, 1.54) is 30.1 Å². The molecule has 0 aromatic heterocycles. The van der Waals surface area contributed by atoms with Crippen molar-refractivity contribution in [2.75, 3.05) is 7.05 Å². The SMILES string of the molecule is CN(Cc1ccccc1C(F)(F)F)C(=O)[C@@H]1CC[C@H](C(=O)O)C1. The molecule has 2 atom stereocenters. The van der Waals surface area contributed by atoms with Gasteiger partial charge in [0.15, 0.2) is 0 Å². The van der Waals surface area contributed by atoms with Gasteiger partial charge in [-0.2, -0.15) is 13.2 Å². The Hall–Kier alpha value is -2.05. The first kappa shape index (κ1) is 17.3. The van der Waals surface area contributed by atoms with Crippen molar-refractivity contribution in [1.29, 1.82) is 0 Å². The molecule has 0 heterocycles. The summed E-state index contributed by atoms with van der Waals surface area (Å²) in [7, 11) is 1.45. The van der Waals surface area contributed by atoms with E-state index in [1.807, 2.05) is 0 Å². The Morgan fingerprint density at radius 3 is 2.39 bits per heavy atom. The normalized spacial score (nSPS) is 21.2. The lowest BCUT2D eigenvalue weighted by Crippen LogP contribution is -2.32. The van der Waals surface area contributed by atoms with Crippen molar-refractivity contribution in [3.8, 4) is 0 Å². The summed E-state index contributed by atoms with van der Waals surface area (Å²) in [6, 6.07) is 5.15. The Morgan fingerprint density at radius 2 is 1.83 bits per heavy atom. The zero-order valence-corrected chi connectivity index (χ0v) is 12.6. The average Bonchev–Trinajstić information content (AvgIpc) is 2.95. The van der Waals surface area contributed by atoms with Crippen molar-refractivity contribution in [3.63, 3.8) is 0 Å². The lowest BCUT2D eigenvalue weighted by molar-refractivity contribution is -0.142. The van der Waals surface area contributed by atoms with Crippen LogP contribution in [0.2, 0.25) is 0 Å². The van der Waals surface area contributed by atoms with Crippen LogP contribution in [0, 0.1) is 11.8 Å². The van der Waals surface area contributed by atoms with Gasteiger partial charge in [0.2, 0.25) is 5.91 Å². The lowest BCUT2D eigenvalue weighted by Gasteiger charge is -2.23. The van der Waals surface area contributed by atoms with Gasteiger partial charge in [-0.05, 0) is 30.9 Å². The maximum atomic E-state index is 13.0. The van der Waals surface area contributed by atoms with Crippen molar-refractivity contribution in [2.45, 2.75) is 32.0 Å². The quantitative estimate of drug-likeness (QED) is 0.923. The third-order valence-corrected chi connectivity index (χ3v) is 4.24. The zero-order chi connectivity index (χ0) is 17.2. The smallest absolute Gasteiger partial charge is 0.416 e. The Kier molecular flexibility index (Phi) is 4.97. The molecule has 1 aliphatic rings. The van der Waals surface area contributed by atoms with E-state index in [0.717, 1.165) is 6.07 Å². The van der Waals surface area contributed by atoms with E-state index in [4.69, 9.17) is 5.11 Å². The number of carbonyl (C=O) groups excluding carboxylic acids is 1. The summed E-state index contributed by atoms with van der Waals surface area (Å²) in [6.07, 6.45) is -3.33. The van der Waals surface area contributed by atoms with Crippen LogP contribution < -0.4 is 0 Å². The number of hydrogen-bond donors (Lipinski definition) is 1. The van der Waals surface area contributed by atoms with Crippen LogP contribution in [-0.4, -0.2) is 28.9 Å². The van der Waals surface area contributed by atoms with Gasteiger partial charge in [-0.25, -0.2) is 0 Å². The van der Waals surface area contributed by atoms with Gasteiger partial charge in [-0.1, -0.05) is 18.2 Å². The van der Waals surface area contributed by atoms with Crippen LogP contribution in [0.25, 0.3) is 0 Å². The second-order valence-corrected chi connectivity index (χ2v) is 5.89. The predicted molar refractivity (Wildman–Crippen MR) is 76.4 cm³/mol. The molecule has 1 aromatic rings. The summed E-state index contributed by atoms with van der Waals surface area (Å²) < 4.78 is 38.9. The highest BCUT2D eigenvalue weighted by atomic mass is 19.4. The summed E-state index contributed by atoms with van der Waals surface area (Å²) in [5, 5.41) is 8.96. The first-order chi connectivity index (χ1) is 10.7. The first-order valence-electron chi connectivity index (χ1n) is 7.33. The molecule has 0 spiro atoms. The van der Waals surface area contributed by atoms with E-state index in [2.05, 4.69) is 0 Å². The number of hydrogen-bond acceptors (Lipinski definition) is 2. The number of halogens is 3. The van der Waals surface area contributed by atoms with Crippen LogP contribution in [0.3, 0.4) is 0 Å². The van der Waals surface area contributed by atoms with Crippen molar-refractivity contribution < 1.29 is 27.9 Å². The van der Waals surface area contributed by atoms with Crippen LogP contribution in [0.1, 0.15) is 30.4 Å². The molecule has 0 bridgehead atoms. The molecule has 4 nitrogen and oxygen atoms in total. The van der Waals surface area contributed by atoms with Gasteiger partial charge in [0.05, 0.1) is 11.5 Å². The number of benzene rings is 1. The molecule has 1 N–H and O–H groups in total. The number of alkyl halides is 3. The molecular formula is C16H18F3NO3. The molecule has 126 valence electrons. The van der Waals surface area contributed by atoms with Gasteiger partial charge in [-0.3, -0.25) is 9.59 Å². The highest BCUT2D eigenvalue weighted by Gasteiger charge is 2.36. The highest BCUT2D eigenvalue weighted by molar-refractivity contribution is 5.80. The van der Waals surface area contributed by atoms with Gasteiger partial charge in [-0.15, -0.1) is 0 Å². The summed E-state index contributed by atoms with van der Waals surface area (Å²) in [5.41, 5.74) is -0.724. The van der Waals surface area contributed by atoms with Gasteiger partial charge >= 0.3 is 12.1 Å². The molecule has 1 fully saturated rings. The fourth-order valence-corrected chi connectivity index (χ4v) is 3.01. The van der Waals surface area contributed by atoms with Crippen molar-refractivity contribution in [2.24, 2.45) is 11.8 Å². The standard InChI is InChI=1S/C16H18F3NO3/c1-20(14(21)10-6-7-11(8-10)15(22)23)9-12-4-2-3-5-13(12)16(17,18)19/h2-5,10-11H,6-9H2,1H3,(H,22,23)/t10-,11+/m1/s1. The molecule has 1 amide bonds. The molecule has 0 aliphatic heterocycles. The van der Waals surface area contributed by atoms with Crippen LogP contribution >= 0.6 is 0 Å². The third kappa shape index (κ3) is 4.03. The van der Waals surface area contributed by atoms with Gasteiger partial charge in [0.25, 0.3) is 0 Å². The Bertz CT molecular complexity index is 600. The van der Waals surface area contributed by atoms with E-state index >= 15 is 0 Å². The number of aliphatic carboxylic acids is 1. The van der Waals surface area contributed by atoms with Crippen LogP contribution in [0.4, 0.5) is 13.2 Å². The van der Waals surface area contributed by atoms with E-state index in [-0.39, 0.29) is 24.4 Å². The van der Waals surface area contributed by atoms with Crippen molar-refractivity contribution >= 4 is 11.9 Å². The van der Waals surface area contributed by atoms with Gasteiger partial charge in [0.1, 0.15) is 0 Å². The van der Waals surface area contributed by atoms with Crippen LogP contribution in [0.5, 0.6) is 0 Å². The molecule has 23 heavy (non-hydrogen) atoms. The minimum atomic E-state index is -4.47. The number of amides is 1. The third-order valence-electron chi connectivity index (χ3n) is 4.24. The van der Waals surface area contributed by atoms with E-state index in [9.17, 15) is 22.8 Å². The summed E-state index contributed by atoms with van der Waals surface area (Å²) >= 11 is 0. The first-order valence-corrected chi connectivity index (χ1v) is 7.33. The minimum Gasteiger partial charge on any atom is -0.481 e. The number of carboxylic acid groups (broad SMARTS) is 1. The lowest BCUT2D eigenvalue weighted by atomic mass is 10.0. The van der Waals surface area contributed by atoms with Crippen molar-refractivity contribution in [1.82, 2.24) is 4.90 Å². The van der Waals surface area contributed by atoms with E-state index in [1.54, 1.807) is 0 Å². The Labute approximate surface area is 131 Å². The highest BCUT2D eigenvalue weighted by Crippen LogP contribution is 2.34. The maximum absolute atomic E-state index is 13.0. The summed E-state index contributed by atoms with van der Waals surface area (Å²) in [5.74, 6) is -2.20. The molecule has 1 saturated carbocycles. The molecule has 0 radical (unpaired) electrons. The van der Waals surface area contributed by atoms with E-state index in [0.29, 0.717) is 12.8 Å². The van der Waals surface area contributed by atoms with Gasteiger partial charge < -0.3 is 10.0 Å². The molecular weight excluding hydrogens is 311 g/mol. The van der Waals surface area contributed by atoms with Gasteiger partial charge in [0, 0.05) is 19.5 Å². The zero-order valence-electron chi connectivity index (χ0n) is 12.6. The Balaban J connectivity index is 2.07. The largest absolute Gasteiger partial charge is 0.481 e. The summed E-state index contributed by atoms with van der Waals surface area (Å²) in [6.45, 7) is -0.150. The number of rotatable bonds is 4.